The van der Waals surface area contributed by atoms with Crippen LogP contribution in [-0.4, -0.2) is 4.57 Å². The zero-order chi connectivity index (χ0) is 29.2. The minimum Gasteiger partial charge on any atom is -0.343 e. The normalized spacial score (nSPS) is 14.7. The van der Waals surface area contributed by atoms with Crippen LogP contribution in [0.3, 0.4) is 0 Å². The highest BCUT2D eigenvalue weighted by Crippen LogP contribution is 2.39. The van der Waals surface area contributed by atoms with Crippen molar-refractivity contribution in [3.63, 3.8) is 0 Å². The summed E-state index contributed by atoms with van der Waals surface area (Å²) in [4.78, 5) is 0. The lowest BCUT2D eigenvalue weighted by molar-refractivity contribution is 0.252. The van der Waals surface area contributed by atoms with Gasteiger partial charge < -0.3 is 4.57 Å². The smallest absolute Gasteiger partial charge is 0.0494 e. The fourth-order valence-electron chi connectivity index (χ4n) is 5.81. The molecule has 2 unspecified atom stereocenters. The van der Waals surface area contributed by atoms with Gasteiger partial charge in [0.15, 0.2) is 0 Å². The molecule has 2 atom stereocenters. The van der Waals surface area contributed by atoms with E-state index in [1.54, 1.807) is 0 Å². The highest BCUT2D eigenvalue weighted by atomic mass is 15.0. The third-order valence-electron chi connectivity index (χ3n) is 7.72. The second kappa shape index (κ2) is 11.6. The van der Waals surface area contributed by atoms with Crippen molar-refractivity contribution in [3.05, 3.63) is 71.4 Å². The molecule has 0 saturated heterocycles. The molecule has 1 aromatic heterocycles. The SMILES string of the molecule is CC(C)(C)Cc1cccc(C(CC#CCC(n2ccc3ccc(CC(C)(C)C)cc32)C(C)(C)C)C(C)(C)C)c1. The molecule has 0 bridgehead atoms. The molecule has 0 saturated carbocycles. The Morgan fingerprint density at radius 1 is 0.641 bits per heavy atom. The van der Waals surface area contributed by atoms with Crippen LogP contribution in [0.2, 0.25) is 0 Å². The molecule has 1 nitrogen and oxygen atoms in total. The Balaban J connectivity index is 1.87. The monoisotopic (exact) mass is 525 g/mol. The predicted molar refractivity (Wildman–Crippen MR) is 172 cm³/mol. The molecule has 1 heterocycles. The van der Waals surface area contributed by atoms with Gasteiger partial charge in [-0.3, -0.25) is 0 Å². The maximum atomic E-state index is 3.65. The lowest BCUT2D eigenvalue weighted by atomic mass is 9.74. The van der Waals surface area contributed by atoms with Crippen molar-refractivity contribution in [1.82, 2.24) is 4.57 Å². The minimum atomic E-state index is 0.103. The van der Waals surface area contributed by atoms with Gasteiger partial charge in [-0.2, -0.15) is 0 Å². The molecule has 39 heavy (non-hydrogen) atoms. The number of benzene rings is 2. The van der Waals surface area contributed by atoms with E-state index in [0.29, 0.717) is 12.0 Å². The molecule has 0 aliphatic heterocycles. The fraction of sp³-hybridized carbons (Fsp3) is 0.579. The van der Waals surface area contributed by atoms with Gasteiger partial charge in [0.2, 0.25) is 0 Å². The number of hydrogen-bond donors (Lipinski definition) is 0. The zero-order valence-electron chi connectivity index (χ0n) is 27.1. The Bertz CT molecular complexity index is 1300. The maximum absolute atomic E-state index is 3.65. The van der Waals surface area contributed by atoms with Gasteiger partial charge in [0, 0.05) is 30.6 Å². The second-order valence-electron chi connectivity index (χ2n) is 16.4. The summed E-state index contributed by atoms with van der Waals surface area (Å²) < 4.78 is 2.49. The zero-order valence-corrected chi connectivity index (χ0v) is 27.1. The summed E-state index contributed by atoms with van der Waals surface area (Å²) in [7, 11) is 0. The van der Waals surface area contributed by atoms with Gasteiger partial charge in [-0.25, -0.2) is 0 Å². The molecular weight excluding hydrogens is 470 g/mol. The molecule has 0 fully saturated rings. The van der Waals surface area contributed by atoms with Crippen LogP contribution in [0.1, 0.15) is 125 Å². The van der Waals surface area contributed by atoms with Crippen LogP contribution in [-0.2, 0) is 12.8 Å². The molecule has 3 aromatic rings. The van der Waals surface area contributed by atoms with Crippen molar-refractivity contribution in [2.45, 2.75) is 121 Å². The lowest BCUT2D eigenvalue weighted by Gasteiger charge is -2.32. The standard InChI is InChI=1S/C38H55N/c1-35(2,3)26-28-16-15-17-31(24-28)32(37(7,8)9)18-13-14-19-34(38(10,11)12)39-23-22-30-21-20-29(25-33(30)39)27-36(4,5)6/h15-17,20-25,32,34H,18-19,26-27H2,1-12H3. The summed E-state index contributed by atoms with van der Waals surface area (Å²) in [6.07, 6.45) is 6.21. The predicted octanol–water partition coefficient (Wildman–Crippen LogP) is 11.0. The number of aromatic nitrogens is 1. The number of nitrogens with zero attached hydrogens (tertiary/aromatic N) is 1. The van der Waals surface area contributed by atoms with Gasteiger partial charge in [0.25, 0.3) is 0 Å². The van der Waals surface area contributed by atoms with Crippen molar-refractivity contribution in [2.24, 2.45) is 21.7 Å². The molecule has 1 heteroatoms. The first-order valence-electron chi connectivity index (χ1n) is 15.0. The Hall–Kier alpha value is -2.46. The van der Waals surface area contributed by atoms with Crippen LogP contribution in [0.5, 0.6) is 0 Å². The summed E-state index contributed by atoms with van der Waals surface area (Å²) in [5.41, 5.74) is 6.42. The van der Waals surface area contributed by atoms with Crippen LogP contribution in [0.4, 0.5) is 0 Å². The first-order valence-corrected chi connectivity index (χ1v) is 15.0. The van der Waals surface area contributed by atoms with E-state index < -0.39 is 0 Å². The van der Waals surface area contributed by atoms with Gasteiger partial charge in [-0.1, -0.05) is 119 Å². The van der Waals surface area contributed by atoms with Gasteiger partial charge >= 0.3 is 0 Å². The lowest BCUT2D eigenvalue weighted by Crippen LogP contribution is -2.23. The Morgan fingerprint density at radius 3 is 1.79 bits per heavy atom. The number of rotatable bonds is 6. The molecule has 0 N–H and O–H groups in total. The molecule has 0 spiro atoms. The van der Waals surface area contributed by atoms with Crippen molar-refractivity contribution >= 4 is 10.9 Å². The van der Waals surface area contributed by atoms with Gasteiger partial charge in [-0.15, -0.1) is 11.8 Å². The van der Waals surface area contributed by atoms with E-state index in [1.807, 2.05) is 0 Å². The minimum absolute atomic E-state index is 0.103. The summed E-state index contributed by atoms with van der Waals surface area (Å²) in [5, 5.41) is 1.32. The van der Waals surface area contributed by atoms with Crippen molar-refractivity contribution in [3.8, 4) is 11.8 Å². The molecule has 212 valence electrons. The molecule has 0 aliphatic carbocycles. The van der Waals surface area contributed by atoms with Crippen LogP contribution < -0.4 is 0 Å². The molecule has 3 rings (SSSR count). The first kappa shape index (κ1) is 31.1. The third kappa shape index (κ3) is 9.03. The summed E-state index contributed by atoms with van der Waals surface area (Å²) in [6.45, 7) is 28.0. The molecule has 0 amide bonds. The highest BCUT2D eigenvalue weighted by Gasteiger charge is 2.28. The quantitative estimate of drug-likeness (QED) is 0.282. The van der Waals surface area contributed by atoms with E-state index >= 15 is 0 Å². The summed E-state index contributed by atoms with van der Waals surface area (Å²) in [6, 6.07) is 18.8. The van der Waals surface area contributed by atoms with Gasteiger partial charge in [0.05, 0.1) is 0 Å². The first-order chi connectivity index (χ1) is 17.8. The van der Waals surface area contributed by atoms with E-state index in [9.17, 15) is 0 Å². The largest absolute Gasteiger partial charge is 0.343 e. The topological polar surface area (TPSA) is 4.93 Å². The van der Waals surface area contributed by atoms with E-state index in [0.717, 1.165) is 25.7 Å². The summed E-state index contributed by atoms with van der Waals surface area (Å²) in [5.74, 6) is 7.71. The number of fused-ring (bicyclic) bond motifs is 1. The Labute approximate surface area is 240 Å². The highest BCUT2D eigenvalue weighted by molar-refractivity contribution is 5.81. The van der Waals surface area contributed by atoms with Crippen molar-refractivity contribution in [2.75, 3.05) is 0 Å². The van der Waals surface area contributed by atoms with Crippen LogP contribution in [0.15, 0.2) is 54.7 Å². The molecule has 2 aromatic carbocycles. The fourth-order valence-corrected chi connectivity index (χ4v) is 5.81. The third-order valence-corrected chi connectivity index (χ3v) is 7.72. The van der Waals surface area contributed by atoms with Gasteiger partial charge in [-0.05, 0) is 74.6 Å². The molecule has 0 aliphatic rings. The van der Waals surface area contributed by atoms with Crippen LogP contribution in [0.25, 0.3) is 10.9 Å². The number of hydrogen-bond acceptors (Lipinski definition) is 0. The van der Waals surface area contributed by atoms with Gasteiger partial charge in [0.1, 0.15) is 0 Å². The van der Waals surface area contributed by atoms with Crippen LogP contribution in [0, 0.1) is 33.5 Å². The van der Waals surface area contributed by atoms with Crippen LogP contribution >= 0.6 is 0 Å². The maximum Gasteiger partial charge on any atom is 0.0494 e. The van der Waals surface area contributed by atoms with Crippen molar-refractivity contribution in [1.29, 1.82) is 0 Å². The van der Waals surface area contributed by atoms with Crippen molar-refractivity contribution < 1.29 is 0 Å². The average molecular weight is 526 g/mol. The average Bonchev–Trinajstić information content (AvgIpc) is 3.15. The van der Waals surface area contributed by atoms with E-state index in [1.165, 1.54) is 27.6 Å². The summed E-state index contributed by atoms with van der Waals surface area (Å²) >= 11 is 0. The van der Waals surface area contributed by atoms with E-state index in [-0.39, 0.29) is 21.7 Å². The Morgan fingerprint density at radius 2 is 1.23 bits per heavy atom. The van der Waals surface area contributed by atoms with E-state index in [4.69, 9.17) is 0 Å². The van der Waals surface area contributed by atoms with E-state index in [2.05, 4.69) is 154 Å². The Kier molecular flexibility index (Phi) is 9.22. The molecule has 0 radical (unpaired) electrons. The molecular formula is C38H55N. The second-order valence-corrected chi connectivity index (χ2v) is 16.4.